The normalized spacial score (nSPS) is 26.8. The van der Waals surface area contributed by atoms with Gasteiger partial charge in [-0.05, 0) is 31.6 Å². The van der Waals surface area contributed by atoms with Gasteiger partial charge in [0.15, 0.2) is 0 Å². The van der Waals surface area contributed by atoms with Gasteiger partial charge >= 0.3 is 5.97 Å². The van der Waals surface area contributed by atoms with Gasteiger partial charge in [0, 0.05) is 29.8 Å². The second-order valence-electron chi connectivity index (χ2n) is 8.48. The van der Waals surface area contributed by atoms with Crippen LogP contribution < -0.4 is 0 Å². The molecule has 0 saturated heterocycles. The molecular weight excluding hydrogens is 388 g/mol. The number of hydrogen-bond donors (Lipinski definition) is 4. The highest BCUT2D eigenvalue weighted by Crippen LogP contribution is 2.38. The second-order valence-corrected chi connectivity index (χ2v) is 9.69. The standard InChI is InChI=1S/C23H42O5S/c1-3-5-6-7-11-18(24)16-29-23-19(20(25)15-21(23)26)12-8-10-17(9-4-2)13-14-22(27)28/h8,10,17-21,23-26H,3-7,9,11-16H2,1-2H3,(H,27,28). The summed E-state index contributed by atoms with van der Waals surface area (Å²) in [4.78, 5) is 10.8. The van der Waals surface area contributed by atoms with E-state index < -0.39 is 18.2 Å². The monoisotopic (exact) mass is 430 g/mol. The number of thioether (sulfide) groups is 1. The first-order chi connectivity index (χ1) is 13.9. The number of aliphatic carboxylic acids is 1. The summed E-state index contributed by atoms with van der Waals surface area (Å²) in [6, 6.07) is 0. The van der Waals surface area contributed by atoms with Gasteiger partial charge in [-0.15, -0.1) is 0 Å². The first-order valence-electron chi connectivity index (χ1n) is 11.4. The van der Waals surface area contributed by atoms with Gasteiger partial charge in [-0.3, -0.25) is 4.79 Å². The number of aliphatic hydroxyl groups is 3. The van der Waals surface area contributed by atoms with Gasteiger partial charge in [0.1, 0.15) is 0 Å². The van der Waals surface area contributed by atoms with E-state index in [9.17, 15) is 20.1 Å². The molecule has 0 heterocycles. The van der Waals surface area contributed by atoms with Crippen LogP contribution in [-0.4, -0.2) is 55.7 Å². The molecule has 0 aromatic carbocycles. The number of aliphatic hydroxyl groups excluding tert-OH is 3. The first kappa shape index (κ1) is 26.5. The minimum Gasteiger partial charge on any atom is -0.481 e. The molecule has 0 aromatic rings. The topological polar surface area (TPSA) is 98.0 Å². The molecule has 0 aliphatic heterocycles. The zero-order valence-electron chi connectivity index (χ0n) is 18.2. The Kier molecular flexibility index (Phi) is 13.9. The van der Waals surface area contributed by atoms with Crippen LogP contribution in [0.4, 0.5) is 0 Å². The summed E-state index contributed by atoms with van der Waals surface area (Å²) in [6.45, 7) is 4.27. The zero-order chi connectivity index (χ0) is 21.6. The molecule has 0 bridgehead atoms. The fourth-order valence-corrected chi connectivity index (χ4v) is 5.63. The van der Waals surface area contributed by atoms with Crippen molar-refractivity contribution in [1.82, 2.24) is 0 Å². The van der Waals surface area contributed by atoms with Crippen LogP contribution in [0.2, 0.25) is 0 Å². The fraction of sp³-hybridized carbons (Fsp3) is 0.870. The summed E-state index contributed by atoms with van der Waals surface area (Å²) in [5.41, 5.74) is 0. The minimum absolute atomic E-state index is 0.0275. The van der Waals surface area contributed by atoms with E-state index in [1.807, 2.05) is 0 Å². The Morgan fingerprint density at radius 3 is 2.48 bits per heavy atom. The Morgan fingerprint density at radius 1 is 1.07 bits per heavy atom. The lowest BCUT2D eigenvalue weighted by atomic mass is 9.95. The highest BCUT2D eigenvalue weighted by Gasteiger charge is 2.41. The Labute approximate surface area is 181 Å². The van der Waals surface area contributed by atoms with Crippen LogP contribution in [0.5, 0.6) is 0 Å². The molecular formula is C23H42O5S. The van der Waals surface area contributed by atoms with Crippen LogP contribution in [0.15, 0.2) is 12.2 Å². The van der Waals surface area contributed by atoms with E-state index in [0.29, 0.717) is 25.0 Å². The fourth-order valence-electron chi connectivity index (χ4n) is 4.14. The summed E-state index contributed by atoms with van der Waals surface area (Å²) >= 11 is 1.59. The van der Waals surface area contributed by atoms with Crippen molar-refractivity contribution < 1.29 is 25.2 Å². The molecule has 1 aliphatic carbocycles. The number of carboxylic acids is 1. The summed E-state index contributed by atoms with van der Waals surface area (Å²) in [7, 11) is 0. The Balaban J connectivity index is 2.50. The number of unbranched alkanes of at least 4 members (excludes halogenated alkanes) is 3. The molecule has 29 heavy (non-hydrogen) atoms. The number of hydrogen-bond acceptors (Lipinski definition) is 5. The smallest absolute Gasteiger partial charge is 0.303 e. The van der Waals surface area contributed by atoms with Crippen LogP contribution in [0.25, 0.3) is 0 Å². The predicted octanol–water partition coefficient (Wildman–Crippen LogP) is 4.39. The Hall–Kier alpha value is -0.560. The molecule has 6 atom stereocenters. The zero-order valence-corrected chi connectivity index (χ0v) is 19.0. The van der Waals surface area contributed by atoms with Gasteiger partial charge in [0.05, 0.1) is 18.3 Å². The van der Waals surface area contributed by atoms with Crippen LogP contribution in [0.3, 0.4) is 0 Å². The van der Waals surface area contributed by atoms with Crippen molar-refractivity contribution in [2.45, 2.75) is 108 Å². The molecule has 4 N–H and O–H groups in total. The molecule has 170 valence electrons. The van der Waals surface area contributed by atoms with E-state index in [1.54, 1.807) is 11.8 Å². The lowest BCUT2D eigenvalue weighted by Gasteiger charge is -2.23. The SMILES string of the molecule is CCCCCCC(O)CSC1C(O)CC(O)C1CC=CC(CCC)CCC(=O)O. The maximum Gasteiger partial charge on any atom is 0.303 e. The van der Waals surface area contributed by atoms with Crippen molar-refractivity contribution >= 4 is 17.7 Å². The number of carbonyl (C=O) groups is 1. The first-order valence-corrected chi connectivity index (χ1v) is 12.5. The highest BCUT2D eigenvalue weighted by atomic mass is 32.2. The van der Waals surface area contributed by atoms with Crippen molar-refractivity contribution in [3.8, 4) is 0 Å². The molecule has 0 spiro atoms. The third kappa shape index (κ3) is 10.9. The Bertz CT molecular complexity index is 470. The summed E-state index contributed by atoms with van der Waals surface area (Å²) in [5.74, 6) is 0.0483. The van der Waals surface area contributed by atoms with E-state index in [0.717, 1.165) is 32.1 Å². The maximum atomic E-state index is 10.8. The van der Waals surface area contributed by atoms with Gasteiger partial charge in [-0.25, -0.2) is 0 Å². The molecule has 1 aliphatic rings. The van der Waals surface area contributed by atoms with Gasteiger partial charge in [0.25, 0.3) is 0 Å². The highest BCUT2D eigenvalue weighted by molar-refractivity contribution is 8.00. The third-order valence-corrected chi connectivity index (χ3v) is 7.48. The number of carboxylic acid groups (broad SMARTS) is 1. The summed E-state index contributed by atoms with van der Waals surface area (Å²) < 4.78 is 0. The second kappa shape index (κ2) is 15.3. The third-order valence-electron chi connectivity index (χ3n) is 5.86. The molecule has 1 rings (SSSR count). The van der Waals surface area contributed by atoms with E-state index in [1.165, 1.54) is 12.8 Å². The largest absolute Gasteiger partial charge is 0.481 e. The van der Waals surface area contributed by atoms with Crippen LogP contribution in [-0.2, 0) is 4.79 Å². The van der Waals surface area contributed by atoms with Gasteiger partial charge in [0.2, 0.25) is 0 Å². The van der Waals surface area contributed by atoms with Gasteiger partial charge in [-0.1, -0.05) is 58.1 Å². The van der Waals surface area contributed by atoms with Crippen LogP contribution in [0, 0.1) is 11.8 Å². The average Bonchev–Trinajstić information content (AvgIpc) is 2.94. The van der Waals surface area contributed by atoms with Gasteiger partial charge in [-0.2, -0.15) is 11.8 Å². The maximum absolute atomic E-state index is 10.8. The predicted molar refractivity (Wildman–Crippen MR) is 120 cm³/mol. The number of allylic oxidation sites excluding steroid dienone is 2. The van der Waals surface area contributed by atoms with Gasteiger partial charge < -0.3 is 20.4 Å². The average molecular weight is 431 g/mol. The lowest BCUT2D eigenvalue weighted by Crippen LogP contribution is -2.26. The van der Waals surface area contributed by atoms with E-state index in [-0.39, 0.29) is 29.6 Å². The molecule has 1 saturated carbocycles. The summed E-state index contributed by atoms with van der Waals surface area (Å²) in [5, 5.41) is 39.8. The van der Waals surface area contributed by atoms with Crippen LogP contribution in [0.1, 0.15) is 84.5 Å². The molecule has 5 nitrogen and oxygen atoms in total. The quantitative estimate of drug-likeness (QED) is 0.214. The van der Waals surface area contributed by atoms with Crippen molar-refractivity contribution in [2.24, 2.45) is 11.8 Å². The molecule has 0 radical (unpaired) electrons. The van der Waals surface area contributed by atoms with Crippen molar-refractivity contribution in [3.05, 3.63) is 12.2 Å². The van der Waals surface area contributed by atoms with Crippen molar-refractivity contribution in [1.29, 1.82) is 0 Å². The van der Waals surface area contributed by atoms with Crippen LogP contribution >= 0.6 is 11.8 Å². The molecule has 6 heteroatoms. The van der Waals surface area contributed by atoms with E-state index in [4.69, 9.17) is 5.11 Å². The minimum atomic E-state index is -0.765. The molecule has 0 amide bonds. The van der Waals surface area contributed by atoms with E-state index in [2.05, 4.69) is 26.0 Å². The lowest BCUT2D eigenvalue weighted by molar-refractivity contribution is -0.137. The Morgan fingerprint density at radius 2 is 1.83 bits per heavy atom. The van der Waals surface area contributed by atoms with Crippen molar-refractivity contribution in [3.63, 3.8) is 0 Å². The van der Waals surface area contributed by atoms with Crippen molar-refractivity contribution in [2.75, 3.05) is 5.75 Å². The van der Waals surface area contributed by atoms with E-state index >= 15 is 0 Å². The molecule has 6 unspecified atom stereocenters. The molecule has 1 fully saturated rings. The summed E-state index contributed by atoms with van der Waals surface area (Å²) in [6.07, 6.45) is 11.9. The number of rotatable bonds is 16. The molecule has 0 aromatic heterocycles.